The van der Waals surface area contributed by atoms with Crippen molar-refractivity contribution in [3.63, 3.8) is 0 Å². The van der Waals surface area contributed by atoms with Gasteiger partial charge in [0.15, 0.2) is 0 Å². The van der Waals surface area contributed by atoms with Crippen LogP contribution in [-0.4, -0.2) is 26.6 Å². The number of fused-ring (bicyclic) bond motifs is 1. The summed E-state index contributed by atoms with van der Waals surface area (Å²) in [7, 11) is 0. The third-order valence-electron chi connectivity index (χ3n) is 5.47. The standard InChI is InChI=1S/C25H19ClN4O/c1-16-2-4-17(5-3-16)22-15-24(18-6-9-20(26)10-7-18)30(29-22)25(31)19-8-11-21-23(14-19)28-13-12-27-21/h2-14,24H,15H2,1H3. The predicted octanol–water partition coefficient (Wildman–Crippen LogP) is 5.58. The SMILES string of the molecule is Cc1ccc(C2=NN(C(=O)c3ccc4nccnc4c3)C(c3ccc(Cl)cc3)C2)cc1. The molecule has 2 heterocycles. The molecule has 1 aliphatic heterocycles. The van der Waals surface area contributed by atoms with E-state index < -0.39 is 0 Å². The van der Waals surface area contributed by atoms with E-state index >= 15 is 0 Å². The number of nitrogens with zero attached hydrogens (tertiary/aromatic N) is 4. The van der Waals surface area contributed by atoms with E-state index in [-0.39, 0.29) is 11.9 Å². The number of hydrogen-bond acceptors (Lipinski definition) is 4. The van der Waals surface area contributed by atoms with Gasteiger partial charge in [-0.2, -0.15) is 5.10 Å². The lowest BCUT2D eigenvalue weighted by Crippen LogP contribution is -2.27. The maximum atomic E-state index is 13.5. The minimum atomic E-state index is -0.210. The molecule has 1 atom stereocenters. The van der Waals surface area contributed by atoms with Crippen molar-refractivity contribution in [2.75, 3.05) is 0 Å². The Bertz CT molecular complexity index is 1300. The Morgan fingerprint density at radius 1 is 0.935 bits per heavy atom. The summed E-state index contributed by atoms with van der Waals surface area (Å²) in [6, 6.07) is 20.9. The summed E-state index contributed by atoms with van der Waals surface area (Å²) in [4.78, 5) is 22.1. The summed E-state index contributed by atoms with van der Waals surface area (Å²) in [6.45, 7) is 2.05. The van der Waals surface area contributed by atoms with Gasteiger partial charge in [-0.1, -0.05) is 53.6 Å². The lowest BCUT2D eigenvalue weighted by atomic mass is 9.97. The summed E-state index contributed by atoms with van der Waals surface area (Å²) >= 11 is 6.09. The fraction of sp³-hybridized carbons (Fsp3) is 0.120. The van der Waals surface area contributed by atoms with Crippen LogP contribution in [0.2, 0.25) is 5.02 Å². The lowest BCUT2D eigenvalue weighted by molar-refractivity contribution is 0.0711. The highest BCUT2D eigenvalue weighted by Crippen LogP contribution is 2.34. The van der Waals surface area contributed by atoms with E-state index in [1.54, 1.807) is 29.5 Å². The van der Waals surface area contributed by atoms with E-state index in [1.165, 1.54) is 5.56 Å². The van der Waals surface area contributed by atoms with Gasteiger partial charge < -0.3 is 0 Å². The first-order chi connectivity index (χ1) is 15.1. The molecule has 0 spiro atoms. The Morgan fingerprint density at radius 3 is 2.39 bits per heavy atom. The second-order valence-electron chi connectivity index (χ2n) is 7.59. The number of carbonyl (C=O) groups excluding carboxylic acids is 1. The lowest BCUT2D eigenvalue weighted by Gasteiger charge is -2.22. The van der Waals surface area contributed by atoms with E-state index in [1.807, 2.05) is 42.5 Å². The van der Waals surface area contributed by atoms with Crippen LogP contribution in [0.15, 0.2) is 84.2 Å². The molecule has 5 nitrogen and oxygen atoms in total. The van der Waals surface area contributed by atoms with Gasteiger partial charge in [0.05, 0.1) is 22.8 Å². The Kier molecular flexibility index (Phi) is 4.96. The van der Waals surface area contributed by atoms with Crippen molar-refractivity contribution >= 4 is 34.3 Å². The van der Waals surface area contributed by atoms with Gasteiger partial charge in [-0.05, 0) is 48.4 Å². The van der Waals surface area contributed by atoms with Crippen molar-refractivity contribution < 1.29 is 4.79 Å². The van der Waals surface area contributed by atoms with Gasteiger partial charge in [0.2, 0.25) is 0 Å². The molecule has 0 bridgehead atoms. The molecular weight excluding hydrogens is 408 g/mol. The van der Waals surface area contributed by atoms with Crippen LogP contribution in [0.4, 0.5) is 0 Å². The number of amides is 1. The number of hydrazone groups is 1. The molecule has 0 saturated carbocycles. The number of carbonyl (C=O) groups is 1. The summed E-state index contributed by atoms with van der Waals surface area (Å²) < 4.78 is 0. The largest absolute Gasteiger partial charge is 0.274 e. The second-order valence-corrected chi connectivity index (χ2v) is 8.03. The topological polar surface area (TPSA) is 58.5 Å². The molecule has 0 saturated heterocycles. The number of aryl methyl sites for hydroxylation is 1. The minimum absolute atomic E-state index is 0.172. The van der Waals surface area contributed by atoms with Gasteiger partial charge in [-0.3, -0.25) is 14.8 Å². The first-order valence-corrected chi connectivity index (χ1v) is 10.4. The third kappa shape index (κ3) is 3.80. The third-order valence-corrected chi connectivity index (χ3v) is 5.73. The van der Waals surface area contributed by atoms with E-state index in [4.69, 9.17) is 16.7 Å². The van der Waals surface area contributed by atoms with Crippen LogP contribution in [0.25, 0.3) is 11.0 Å². The molecule has 1 aliphatic rings. The molecular formula is C25H19ClN4O. The van der Waals surface area contributed by atoms with E-state index in [9.17, 15) is 4.79 Å². The van der Waals surface area contributed by atoms with Crippen molar-refractivity contribution in [2.45, 2.75) is 19.4 Å². The molecule has 1 unspecified atom stereocenters. The number of aromatic nitrogens is 2. The van der Waals surface area contributed by atoms with Crippen LogP contribution in [0, 0.1) is 6.92 Å². The summed E-state index contributed by atoms with van der Waals surface area (Å²) in [5.41, 5.74) is 6.03. The van der Waals surface area contributed by atoms with Gasteiger partial charge in [-0.25, -0.2) is 5.01 Å². The van der Waals surface area contributed by atoms with E-state index in [0.717, 1.165) is 22.4 Å². The molecule has 5 rings (SSSR count). The molecule has 0 radical (unpaired) electrons. The Hall–Kier alpha value is -3.57. The van der Waals surface area contributed by atoms with Gasteiger partial charge in [0.25, 0.3) is 5.91 Å². The first kappa shape index (κ1) is 19.4. The van der Waals surface area contributed by atoms with Crippen molar-refractivity contribution in [1.29, 1.82) is 0 Å². The zero-order valence-corrected chi connectivity index (χ0v) is 17.6. The summed E-state index contributed by atoms with van der Waals surface area (Å²) in [5, 5.41) is 6.99. The highest BCUT2D eigenvalue weighted by molar-refractivity contribution is 6.30. The normalized spacial score (nSPS) is 15.9. The Balaban J connectivity index is 1.55. The zero-order valence-electron chi connectivity index (χ0n) is 16.9. The second kappa shape index (κ2) is 7.93. The smallest absolute Gasteiger partial charge is 0.267 e. The average molecular weight is 427 g/mol. The zero-order chi connectivity index (χ0) is 21.4. The van der Waals surface area contributed by atoms with Gasteiger partial charge in [0.1, 0.15) is 0 Å². The fourth-order valence-electron chi connectivity index (χ4n) is 3.79. The average Bonchev–Trinajstić information content (AvgIpc) is 3.24. The Morgan fingerprint density at radius 2 is 1.65 bits per heavy atom. The minimum Gasteiger partial charge on any atom is -0.267 e. The number of rotatable bonds is 3. The van der Waals surface area contributed by atoms with Crippen LogP contribution in [0.3, 0.4) is 0 Å². The van der Waals surface area contributed by atoms with Gasteiger partial charge >= 0.3 is 0 Å². The molecule has 152 valence electrons. The molecule has 4 aromatic rings. The van der Waals surface area contributed by atoms with Crippen LogP contribution >= 0.6 is 11.6 Å². The Labute approximate surface area is 185 Å². The molecule has 6 heteroatoms. The number of benzene rings is 3. The van der Waals surface area contributed by atoms with Crippen molar-refractivity contribution in [1.82, 2.24) is 15.0 Å². The maximum absolute atomic E-state index is 13.5. The molecule has 31 heavy (non-hydrogen) atoms. The highest BCUT2D eigenvalue weighted by atomic mass is 35.5. The highest BCUT2D eigenvalue weighted by Gasteiger charge is 2.33. The molecule has 3 aromatic carbocycles. The molecule has 1 aromatic heterocycles. The quantitative estimate of drug-likeness (QED) is 0.429. The van der Waals surface area contributed by atoms with Crippen molar-refractivity contribution in [2.24, 2.45) is 5.10 Å². The summed E-state index contributed by atoms with van der Waals surface area (Å²) in [5.74, 6) is -0.172. The first-order valence-electron chi connectivity index (χ1n) is 10.0. The van der Waals surface area contributed by atoms with Crippen molar-refractivity contribution in [3.8, 4) is 0 Å². The van der Waals surface area contributed by atoms with Crippen LogP contribution in [0.5, 0.6) is 0 Å². The number of hydrogen-bond donors (Lipinski definition) is 0. The molecule has 0 N–H and O–H groups in total. The van der Waals surface area contributed by atoms with Crippen molar-refractivity contribution in [3.05, 3.63) is 106 Å². The molecule has 0 fully saturated rings. The molecule has 1 amide bonds. The van der Waals surface area contributed by atoms with Gasteiger partial charge in [-0.15, -0.1) is 0 Å². The summed E-state index contributed by atoms with van der Waals surface area (Å²) in [6.07, 6.45) is 3.89. The number of halogens is 1. The monoisotopic (exact) mass is 426 g/mol. The van der Waals surface area contributed by atoms with E-state index in [0.29, 0.717) is 22.5 Å². The van der Waals surface area contributed by atoms with Crippen LogP contribution in [-0.2, 0) is 0 Å². The van der Waals surface area contributed by atoms with Crippen LogP contribution in [0.1, 0.15) is 39.5 Å². The maximum Gasteiger partial charge on any atom is 0.274 e. The fourth-order valence-corrected chi connectivity index (χ4v) is 3.92. The van der Waals surface area contributed by atoms with Gasteiger partial charge in [0, 0.05) is 29.4 Å². The van der Waals surface area contributed by atoms with E-state index in [2.05, 4.69) is 29.0 Å². The predicted molar refractivity (Wildman–Crippen MR) is 122 cm³/mol. The molecule has 0 aliphatic carbocycles. The van der Waals surface area contributed by atoms with Crippen LogP contribution < -0.4 is 0 Å².